The lowest BCUT2D eigenvalue weighted by molar-refractivity contribution is 0.240. The second kappa shape index (κ2) is 9.12. The van der Waals surface area contributed by atoms with Gasteiger partial charge < -0.3 is 10.1 Å². The second-order valence-electron chi connectivity index (χ2n) is 9.16. The molecular weight excluding hydrogens is 500 g/mol. The molecule has 0 saturated carbocycles. The van der Waals surface area contributed by atoms with Crippen LogP contribution in [0.4, 0.5) is 11.4 Å². The van der Waals surface area contributed by atoms with E-state index in [-0.39, 0.29) is 16.9 Å². The van der Waals surface area contributed by atoms with Crippen molar-refractivity contribution in [2.75, 3.05) is 21.5 Å². The Labute approximate surface area is 215 Å². The highest BCUT2D eigenvalue weighted by molar-refractivity contribution is 8.00. The number of anilines is 2. The molecule has 3 aliphatic rings. The van der Waals surface area contributed by atoms with Crippen molar-refractivity contribution in [2.45, 2.75) is 29.4 Å². The van der Waals surface area contributed by atoms with Gasteiger partial charge in [0.2, 0.25) is 0 Å². The van der Waals surface area contributed by atoms with E-state index >= 15 is 0 Å². The highest BCUT2D eigenvalue weighted by Gasteiger charge is 2.38. The third-order valence-electron chi connectivity index (χ3n) is 6.91. The van der Waals surface area contributed by atoms with E-state index < -0.39 is 10.0 Å². The first-order valence-corrected chi connectivity index (χ1v) is 14.7. The summed E-state index contributed by atoms with van der Waals surface area (Å²) in [5.74, 6) is 3.49. The highest BCUT2D eigenvalue weighted by atomic mass is 35.5. The monoisotopic (exact) mass is 524 g/mol. The molecule has 0 bridgehead atoms. The molecule has 3 aromatic rings. The predicted octanol–water partition coefficient (Wildman–Crippen LogP) is 6.46. The molecular formula is C27H25ClN2O3S2. The van der Waals surface area contributed by atoms with Gasteiger partial charge in [0.05, 0.1) is 21.6 Å². The molecule has 35 heavy (non-hydrogen) atoms. The highest BCUT2D eigenvalue weighted by Crippen LogP contribution is 2.50. The number of ether oxygens (including phenoxy) is 1. The van der Waals surface area contributed by atoms with Crippen LogP contribution in [0.3, 0.4) is 0 Å². The van der Waals surface area contributed by atoms with Gasteiger partial charge in [0.1, 0.15) is 11.9 Å². The minimum absolute atomic E-state index is 0.138. The van der Waals surface area contributed by atoms with Gasteiger partial charge in [-0.25, -0.2) is 8.42 Å². The van der Waals surface area contributed by atoms with E-state index in [9.17, 15) is 8.42 Å². The van der Waals surface area contributed by atoms with E-state index in [1.165, 1.54) is 5.56 Å². The number of rotatable bonds is 6. The van der Waals surface area contributed by atoms with E-state index in [0.717, 1.165) is 34.9 Å². The molecule has 0 unspecified atom stereocenters. The van der Waals surface area contributed by atoms with Gasteiger partial charge in [-0.1, -0.05) is 48.0 Å². The average Bonchev–Trinajstić information content (AvgIpc) is 3.33. The Kier molecular flexibility index (Phi) is 5.95. The number of halogens is 1. The molecule has 2 N–H and O–H groups in total. The first kappa shape index (κ1) is 22.8. The Morgan fingerprint density at radius 2 is 1.83 bits per heavy atom. The molecule has 0 aromatic heterocycles. The Hall–Kier alpha value is -2.61. The third-order valence-corrected chi connectivity index (χ3v) is 9.82. The van der Waals surface area contributed by atoms with Crippen molar-refractivity contribution in [1.29, 1.82) is 0 Å². The number of benzene rings is 3. The molecule has 2 aliphatic heterocycles. The van der Waals surface area contributed by atoms with Gasteiger partial charge in [-0.05, 0) is 65.9 Å². The predicted molar refractivity (Wildman–Crippen MR) is 143 cm³/mol. The van der Waals surface area contributed by atoms with Crippen LogP contribution in [0.1, 0.15) is 29.5 Å². The molecule has 0 radical (unpaired) electrons. The fourth-order valence-corrected chi connectivity index (χ4v) is 6.96. The number of nitrogens with one attached hydrogen (secondary N) is 2. The normalized spacial score (nSPS) is 23.1. The molecule has 0 spiro atoms. The number of hydrogen-bond donors (Lipinski definition) is 2. The first-order valence-electron chi connectivity index (χ1n) is 11.7. The van der Waals surface area contributed by atoms with Crippen molar-refractivity contribution in [3.8, 4) is 5.75 Å². The summed E-state index contributed by atoms with van der Waals surface area (Å²) in [7, 11) is -3.78. The summed E-state index contributed by atoms with van der Waals surface area (Å²) in [6, 6.07) is 20.7. The fourth-order valence-electron chi connectivity index (χ4n) is 5.05. The molecule has 1 aliphatic carbocycles. The van der Waals surface area contributed by atoms with Crippen LogP contribution < -0.4 is 14.8 Å². The zero-order valence-electron chi connectivity index (χ0n) is 18.9. The molecule has 1 fully saturated rings. The lowest BCUT2D eigenvalue weighted by Gasteiger charge is -2.38. The van der Waals surface area contributed by atoms with Crippen LogP contribution in [0.25, 0.3) is 0 Å². The maximum absolute atomic E-state index is 13.1. The topological polar surface area (TPSA) is 67.4 Å². The molecule has 6 rings (SSSR count). The van der Waals surface area contributed by atoms with E-state index in [1.807, 2.05) is 17.8 Å². The third kappa shape index (κ3) is 4.41. The van der Waals surface area contributed by atoms with Gasteiger partial charge in [-0.2, -0.15) is 11.8 Å². The van der Waals surface area contributed by atoms with Gasteiger partial charge in [0.15, 0.2) is 0 Å². The Balaban J connectivity index is 1.27. The van der Waals surface area contributed by atoms with Crippen molar-refractivity contribution < 1.29 is 13.2 Å². The van der Waals surface area contributed by atoms with Crippen molar-refractivity contribution in [3.05, 3.63) is 95.0 Å². The molecule has 5 nitrogen and oxygen atoms in total. The number of sulfonamides is 1. The number of thioether (sulfide) groups is 1. The summed E-state index contributed by atoms with van der Waals surface area (Å²) in [6.07, 6.45) is 5.68. The second-order valence-corrected chi connectivity index (χ2v) is 12.3. The zero-order valence-corrected chi connectivity index (χ0v) is 21.2. The lowest BCUT2D eigenvalue weighted by atomic mass is 9.77. The summed E-state index contributed by atoms with van der Waals surface area (Å²) >= 11 is 8.08. The van der Waals surface area contributed by atoms with Gasteiger partial charge in [0, 0.05) is 23.1 Å². The fraction of sp³-hybridized carbons (Fsp3) is 0.259. The number of para-hydroxylation sites is 1. The Morgan fingerprint density at radius 1 is 1.03 bits per heavy atom. The lowest BCUT2D eigenvalue weighted by Crippen LogP contribution is -2.31. The van der Waals surface area contributed by atoms with Crippen LogP contribution in [0, 0.1) is 5.92 Å². The largest absolute Gasteiger partial charge is 0.489 e. The van der Waals surface area contributed by atoms with Crippen molar-refractivity contribution in [1.82, 2.24) is 0 Å². The van der Waals surface area contributed by atoms with Gasteiger partial charge in [-0.3, -0.25) is 4.72 Å². The van der Waals surface area contributed by atoms with Gasteiger partial charge in [0.25, 0.3) is 10.0 Å². The molecule has 3 aromatic carbocycles. The van der Waals surface area contributed by atoms with Crippen LogP contribution in [0.5, 0.6) is 5.75 Å². The summed E-state index contributed by atoms with van der Waals surface area (Å²) in [4.78, 5) is 0.228. The van der Waals surface area contributed by atoms with Crippen molar-refractivity contribution in [3.63, 3.8) is 0 Å². The Morgan fingerprint density at radius 3 is 2.57 bits per heavy atom. The molecule has 0 amide bonds. The van der Waals surface area contributed by atoms with Gasteiger partial charge >= 0.3 is 0 Å². The standard InChI is InChI=1S/C27H25ClN2O3S2/c28-24-6-1-2-7-26(24)30-35(31,32)20-12-13-25-23(14-20)21-4-3-5-22(21)27(29-25)17-8-10-18(11-9-17)33-19-15-34-16-19/h1-4,6-14,19,21-22,27,29-30H,5,15-16H2/t21-,22+,27+/m0/s1. The molecule has 1 saturated heterocycles. The zero-order chi connectivity index (χ0) is 24.0. The van der Waals surface area contributed by atoms with E-state index in [4.69, 9.17) is 16.3 Å². The summed E-state index contributed by atoms with van der Waals surface area (Å²) in [5.41, 5.74) is 3.55. The SMILES string of the molecule is O=S(=O)(Nc1ccccc1Cl)c1ccc2c(c1)[C@H]1C=CC[C@H]1[C@@H](c1ccc(OC3CSC3)cc1)N2. The number of fused-ring (bicyclic) bond motifs is 3. The minimum atomic E-state index is -3.78. The first-order chi connectivity index (χ1) is 17.0. The molecule has 2 heterocycles. The van der Waals surface area contributed by atoms with Gasteiger partial charge in [-0.15, -0.1) is 0 Å². The van der Waals surface area contributed by atoms with Crippen LogP contribution in [-0.2, 0) is 10.0 Å². The number of allylic oxidation sites excluding steroid dienone is 2. The summed E-state index contributed by atoms with van der Waals surface area (Å²) in [6.45, 7) is 0. The maximum Gasteiger partial charge on any atom is 0.261 e. The van der Waals surface area contributed by atoms with Crippen LogP contribution in [-0.4, -0.2) is 26.0 Å². The van der Waals surface area contributed by atoms with E-state index in [2.05, 4.69) is 46.5 Å². The molecule has 8 heteroatoms. The molecule has 180 valence electrons. The Bertz CT molecular complexity index is 1390. The summed E-state index contributed by atoms with van der Waals surface area (Å²) < 4.78 is 34.9. The van der Waals surface area contributed by atoms with Crippen molar-refractivity contribution >= 4 is 44.8 Å². The van der Waals surface area contributed by atoms with Crippen LogP contribution >= 0.6 is 23.4 Å². The minimum Gasteiger partial charge on any atom is -0.489 e. The van der Waals surface area contributed by atoms with Crippen LogP contribution in [0.15, 0.2) is 83.8 Å². The average molecular weight is 525 g/mol. The van der Waals surface area contributed by atoms with E-state index in [0.29, 0.717) is 22.7 Å². The smallest absolute Gasteiger partial charge is 0.261 e. The molecule has 3 atom stereocenters. The number of hydrogen-bond acceptors (Lipinski definition) is 5. The summed E-state index contributed by atoms with van der Waals surface area (Å²) in [5, 5.41) is 4.05. The van der Waals surface area contributed by atoms with Crippen LogP contribution in [0.2, 0.25) is 5.02 Å². The van der Waals surface area contributed by atoms with Crippen molar-refractivity contribution in [2.24, 2.45) is 5.92 Å². The van der Waals surface area contributed by atoms with E-state index in [1.54, 1.807) is 36.4 Å². The maximum atomic E-state index is 13.1. The quantitative estimate of drug-likeness (QED) is 0.362.